The van der Waals surface area contributed by atoms with Crippen LogP contribution in [0.15, 0.2) is 18.2 Å². The van der Waals surface area contributed by atoms with Crippen LogP contribution in [-0.2, 0) is 0 Å². The number of nitrogens with zero attached hydrogens (tertiary/aromatic N) is 2. The van der Waals surface area contributed by atoms with Gasteiger partial charge in [0.05, 0.1) is 0 Å². The van der Waals surface area contributed by atoms with Crippen LogP contribution >= 0.6 is 0 Å². The molecule has 0 N–H and O–H groups in total. The van der Waals surface area contributed by atoms with Crippen LogP contribution in [0.3, 0.4) is 0 Å². The van der Waals surface area contributed by atoms with Crippen molar-refractivity contribution in [3.8, 4) is 0 Å². The fraction of sp³-hybridized carbons (Fsp3) is 0.625. The van der Waals surface area contributed by atoms with Crippen LogP contribution in [0.2, 0.25) is 0 Å². The number of piperidine rings is 1. The molecule has 0 spiro atoms. The van der Waals surface area contributed by atoms with Gasteiger partial charge in [0.1, 0.15) is 5.82 Å². The molecule has 0 amide bonds. The van der Waals surface area contributed by atoms with Crippen molar-refractivity contribution >= 4 is 5.69 Å². The third kappa shape index (κ3) is 2.48. The summed E-state index contributed by atoms with van der Waals surface area (Å²) >= 11 is 0. The highest BCUT2D eigenvalue weighted by Gasteiger charge is 2.33. The number of hydrogen-bond acceptors (Lipinski definition) is 2. The number of aryl methyl sites for hydroxylation is 1. The SMILES string of the molecule is Cc1cc(F)ccc1N1CC2CCCCN2CC1C. The van der Waals surface area contributed by atoms with E-state index in [0.717, 1.165) is 18.7 Å². The third-order valence-corrected chi connectivity index (χ3v) is 4.66. The monoisotopic (exact) mass is 262 g/mol. The van der Waals surface area contributed by atoms with Gasteiger partial charge in [0.2, 0.25) is 0 Å². The van der Waals surface area contributed by atoms with Crippen LogP contribution in [0.5, 0.6) is 0 Å². The minimum absolute atomic E-state index is 0.134. The zero-order valence-electron chi connectivity index (χ0n) is 11.9. The van der Waals surface area contributed by atoms with Crippen molar-refractivity contribution in [1.29, 1.82) is 0 Å². The molecular formula is C16H23FN2. The average molecular weight is 262 g/mol. The van der Waals surface area contributed by atoms with Crippen molar-refractivity contribution in [3.63, 3.8) is 0 Å². The molecule has 19 heavy (non-hydrogen) atoms. The van der Waals surface area contributed by atoms with Gasteiger partial charge in [-0.25, -0.2) is 4.39 Å². The van der Waals surface area contributed by atoms with E-state index in [-0.39, 0.29) is 5.82 Å². The van der Waals surface area contributed by atoms with Crippen molar-refractivity contribution in [2.45, 2.75) is 45.2 Å². The Morgan fingerprint density at radius 2 is 2.05 bits per heavy atom. The van der Waals surface area contributed by atoms with Gasteiger partial charge in [0, 0.05) is 30.9 Å². The average Bonchev–Trinajstić information content (AvgIpc) is 2.38. The molecule has 2 unspecified atom stereocenters. The van der Waals surface area contributed by atoms with E-state index in [2.05, 4.69) is 16.7 Å². The molecule has 104 valence electrons. The van der Waals surface area contributed by atoms with E-state index in [9.17, 15) is 4.39 Å². The second-order valence-electron chi connectivity index (χ2n) is 6.08. The fourth-order valence-corrected chi connectivity index (χ4v) is 3.63. The van der Waals surface area contributed by atoms with E-state index in [4.69, 9.17) is 0 Å². The molecule has 2 saturated heterocycles. The summed E-state index contributed by atoms with van der Waals surface area (Å²) in [6.45, 7) is 7.78. The summed E-state index contributed by atoms with van der Waals surface area (Å²) in [5.74, 6) is -0.134. The quantitative estimate of drug-likeness (QED) is 0.767. The summed E-state index contributed by atoms with van der Waals surface area (Å²) in [5.41, 5.74) is 2.26. The highest BCUT2D eigenvalue weighted by Crippen LogP contribution is 2.30. The van der Waals surface area contributed by atoms with Crippen LogP contribution in [0.1, 0.15) is 31.7 Å². The molecule has 0 saturated carbocycles. The van der Waals surface area contributed by atoms with Gasteiger partial charge in [-0.3, -0.25) is 4.90 Å². The number of hydrogen-bond donors (Lipinski definition) is 0. The first-order valence-corrected chi connectivity index (χ1v) is 7.42. The summed E-state index contributed by atoms with van der Waals surface area (Å²) in [6, 6.07) is 6.38. The minimum Gasteiger partial charge on any atom is -0.366 e. The smallest absolute Gasteiger partial charge is 0.123 e. The largest absolute Gasteiger partial charge is 0.366 e. The Kier molecular flexibility index (Phi) is 3.48. The van der Waals surface area contributed by atoms with Gasteiger partial charge in [-0.1, -0.05) is 6.42 Å². The van der Waals surface area contributed by atoms with Gasteiger partial charge in [-0.05, 0) is 57.0 Å². The number of piperazine rings is 1. The summed E-state index contributed by atoms with van der Waals surface area (Å²) in [4.78, 5) is 5.12. The van der Waals surface area contributed by atoms with Gasteiger partial charge >= 0.3 is 0 Å². The molecule has 0 bridgehead atoms. The van der Waals surface area contributed by atoms with Crippen LogP contribution < -0.4 is 4.90 Å². The van der Waals surface area contributed by atoms with Crippen molar-refractivity contribution in [2.24, 2.45) is 0 Å². The predicted octanol–water partition coefficient (Wildman–Crippen LogP) is 3.20. The lowest BCUT2D eigenvalue weighted by atomic mass is 9.96. The zero-order chi connectivity index (χ0) is 13.4. The second-order valence-corrected chi connectivity index (χ2v) is 6.08. The van der Waals surface area contributed by atoms with Crippen molar-refractivity contribution in [2.75, 3.05) is 24.5 Å². The Morgan fingerprint density at radius 1 is 1.21 bits per heavy atom. The molecular weight excluding hydrogens is 239 g/mol. The Bertz CT molecular complexity index is 460. The molecule has 0 aliphatic carbocycles. The van der Waals surface area contributed by atoms with Gasteiger partial charge < -0.3 is 4.90 Å². The number of fused-ring (bicyclic) bond motifs is 1. The molecule has 2 aliphatic rings. The van der Waals surface area contributed by atoms with Crippen LogP contribution in [0, 0.1) is 12.7 Å². The summed E-state index contributed by atoms with van der Waals surface area (Å²) < 4.78 is 13.3. The fourth-order valence-electron chi connectivity index (χ4n) is 3.63. The number of rotatable bonds is 1. The third-order valence-electron chi connectivity index (χ3n) is 4.66. The first-order chi connectivity index (χ1) is 9.15. The number of halogens is 1. The number of anilines is 1. The molecule has 1 aromatic rings. The lowest BCUT2D eigenvalue weighted by Crippen LogP contribution is -2.59. The molecule has 2 heterocycles. The van der Waals surface area contributed by atoms with Crippen molar-refractivity contribution in [1.82, 2.24) is 4.90 Å². The van der Waals surface area contributed by atoms with E-state index in [0.29, 0.717) is 12.1 Å². The van der Waals surface area contributed by atoms with E-state index in [1.54, 1.807) is 12.1 Å². The van der Waals surface area contributed by atoms with Gasteiger partial charge in [0.15, 0.2) is 0 Å². The summed E-state index contributed by atoms with van der Waals surface area (Å²) in [6.07, 6.45) is 4.01. The molecule has 2 nitrogen and oxygen atoms in total. The molecule has 2 atom stereocenters. The van der Waals surface area contributed by atoms with Gasteiger partial charge in [-0.2, -0.15) is 0 Å². The van der Waals surface area contributed by atoms with E-state index in [1.807, 2.05) is 13.0 Å². The summed E-state index contributed by atoms with van der Waals surface area (Å²) in [5, 5.41) is 0. The maximum Gasteiger partial charge on any atom is 0.123 e. The van der Waals surface area contributed by atoms with E-state index in [1.165, 1.54) is 31.5 Å². The molecule has 3 rings (SSSR count). The lowest BCUT2D eigenvalue weighted by molar-refractivity contribution is 0.115. The Hall–Kier alpha value is -1.09. The normalized spacial score (nSPS) is 28.3. The molecule has 1 aromatic carbocycles. The first kappa shape index (κ1) is 12.9. The standard InChI is InChI=1S/C16H23FN2/c1-12-9-14(17)6-7-16(12)19-11-15-5-3-4-8-18(15)10-13(19)2/h6-7,9,13,15H,3-5,8,10-11H2,1-2H3. The zero-order valence-corrected chi connectivity index (χ0v) is 11.9. The van der Waals surface area contributed by atoms with Crippen molar-refractivity contribution in [3.05, 3.63) is 29.6 Å². The van der Waals surface area contributed by atoms with Gasteiger partial charge in [-0.15, -0.1) is 0 Å². The van der Waals surface area contributed by atoms with Crippen molar-refractivity contribution < 1.29 is 4.39 Å². The molecule has 0 aromatic heterocycles. The topological polar surface area (TPSA) is 6.48 Å². The maximum atomic E-state index is 13.3. The van der Waals surface area contributed by atoms with E-state index < -0.39 is 0 Å². The minimum atomic E-state index is -0.134. The predicted molar refractivity (Wildman–Crippen MR) is 77.2 cm³/mol. The Morgan fingerprint density at radius 3 is 2.84 bits per heavy atom. The lowest BCUT2D eigenvalue weighted by Gasteiger charge is -2.48. The van der Waals surface area contributed by atoms with Crippen LogP contribution in [-0.4, -0.2) is 36.6 Å². The highest BCUT2D eigenvalue weighted by atomic mass is 19.1. The molecule has 2 aliphatic heterocycles. The second kappa shape index (κ2) is 5.12. The van der Waals surface area contributed by atoms with Gasteiger partial charge in [0.25, 0.3) is 0 Å². The highest BCUT2D eigenvalue weighted by molar-refractivity contribution is 5.54. The molecule has 2 fully saturated rings. The molecule has 0 radical (unpaired) electrons. The van der Waals surface area contributed by atoms with Crippen LogP contribution in [0.25, 0.3) is 0 Å². The Balaban J connectivity index is 1.83. The number of benzene rings is 1. The van der Waals surface area contributed by atoms with Crippen LogP contribution in [0.4, 0.5) is 10.1 Å². The maximum absolute atomic E-state index is 13.3. The Labute approximate surface area is 115 Å². The first-order valence-electron chi connectivity index (χ1n) is 7.42. The summed E-state index contributed by atoms with van der Waals surface area (Å²) in [7, 11) is 0. The van der Waals surface area contributed by atoms with E-state index >= 15 is 0 Å². The molecule has 3 heteroatoms.